The fourth-order valence-electron chi connectivity index (χ4n) is 3.19. The van der Waals surface area contributed by atoms with Gasteiger partial charge in [-0.1, -0.05) is 13.8 Å². The first-order chi connectivity index (χ1) is 20.8. The smallest absolute Gasteiger partial charge is 0.463 e. The van der Waals surface area contributed by atoms with Gasteiger partial charge in [0.15, 0.2) is 5.25 Å². The van der Waals surface area contributed by atoms with Gasteiger partial charge in [-0.2, -0.15) is 12.7 Å². The van der Waals surface area contributed by atoms with Crippen molar-refractivity contribution in [3.05, 3.63) is 0 Å². The third kappa shape index (κ3) is 15.6. The zero-order valence-electron chi connectivity index (χ0n) is 24.4. The summed E-state index contributed by atoms with van der Waals surface area (Å²) < 4.78 is 93.1. The third-order valence-corrected chi connectivity index (χ3v) is 9.97. The molecule has 0 bridgehead atoms. The van der Waals surface area contributed by atoms with E-state index in [1.807, 2.05) is 0 Å². The van der Waals surface area contributed by atoms with E-state index in [2.05, 4.69) is 33.3 Å². The number of nitrogens with one attached hydrogen (secondary N) is 2. The minimum atomic E-state index is -5.43. The second kappa shape index (κ2) is 17.3. The van der Waals surface area contributed by atoms with E-state index < -0.39 is 113 Å². The highest BCUT2D eigenvalue weighted by atomic mass is 32.2. The van der Waals surface area contributed by atoms with E-state index in [1.165, 1.54) is 13.8 Å². The maximum absolute atomic E-state index is 12.3. The predicted octanol–water partition coefficient (Wildman–Crippen LogP) is -2.70. The van der Waals surface area contributed by atoms with Crippen molar-refractivity contribution < 1.29 is 98.2 Å². The quantitative estimate of drug-likeness (QED) is 0.0264. The first kappa shape index (κ1) is 42.6. The Hall–Kier alpha value is -1.43. The van der Waals surface area contributed by atoms with Crippen molar-refractivity contribution in [2.75, 3.05) is 39.5 Å². The van der Waals surface area contributed by atoms with E-state index in [0.29, 0.717) is 0 Å². The Bertz CT molecular complexity index is 1320. The number of amides is 2. The van der Waals surface area contributed by atoms with E-state index in [9.17, 15) is 56.5 Å². The molecule has 9 N–H and O–H groups in total. The number of aliphatic hydroxyl groups excluding tert-OH is 2. The van der Waals surface area contributed by atoms with Gasteiger partial charge in [-0.15, -0.1) is 0 Å². The lowest BCUT2D eigenvalue weighted by Gasteiger charge is -2.30. The highest BCUT2D eigenvalue weighted by Gasteiger charge is 2.44. The molecule has 1 rings (SSSR count). The van der Waals surface area contributed by atoms with Crippen molar-refractivity contribution in [1.29, 1.82) is 0 Å². The molecule has 0 aliphatic carbocycles. The van der Waals surface area contributed by atoms with Crippen LogP contribution in [-0.4, -0.2) is 130 Å². The zero-order chi connectivity index (χ0) is 35.7. The van der Waals surface area contributed by atoms with Crippen LogP contribution in [0.3, 0.4) is 0 Å². The summed E-state index contributed by atoms with van der Waals surface area (Å²) in [5.74, 6) is -2.94. The minimum Gasteiger partial charge on any atom is -0.463 e. The first-order valence-corrected chi connectivity index (χ1v) is 18.8. The third-order valence-electron chi connectivity index (χ3n) is 5.78. The molecule has 2 unspecified atom stereocenters. The minimum absolute atomic E-state index is 0.234. The van der Waals surface area contributed by atoms with Gasteiger partial charge < -0.3 is 49.9 Å². The van der Waals surface area contributed by atoms with Gasteiger partial charge in [0.2, 0.25) is 11.8 Å². The fraction of sp³-hybridized carbons (Fsp3) is 0.842. The molecule has 0 aromatic rings. The number of esters is 1. The standard InChI is InChI=1S/C19H37N2O21P3S/c1-11(46(34,35)36)18(26)37-7-6-20-14(23)4-5-21-17(25)16(24)19(2,3)10-40-45(32,33)42-44(30,31)39-9-13-15(12(22)8-38-13)41-43(27,28)29/h11-13,15-16,22,24H,4-10H2,1-3H3,(H,20,23)(H,21,25)(H,30,31)(H,32,33)(H2,27,28,29)(H,34,35,36)/t11-,12+,13-,15+,16+/m1/s1. The van der Waals surface area contributed by atoms with E-state index in [0.717, 1.165) is 6.92 Å². The van der Waals surface area contributed by atoms with Crippen molar-refractivity contribution in [3.63, 3.8) is 0 Å². The summed E-state index contributed by atoms with van der Waals surface area (Å²) in [4.78, 5) is 73.1. The molecule has 27 heteroatoms. The molecule has 7 atom stereocenters. The molecule has 1 heterocycles. The predicted molar refractivity (Wildman–Crippen MR) is 148 cm³/mol. The Morgan fingerprint density at radius 1 is 1.02 bits per heavy atom. The van der Waals surface area contributed by atoms with E-state index in [4.69, 9.17) is 19.1 Å². The number of aliphatic hydroxyl groups is 2. The van der Waals surface area contributed by atoms with Gasteiger partial charge in [-0.05, 0) is 6.92 Å². The highest BCUT2D eigenvalue weighted by molar-refractivity contribution is 7.87. The van der Waals surface area contributed by atoms with Crippen LogP contribution < -0.4 is 10.6 Å². The van der Waals surface area contributed by atoms with Crippen LogP contribution in [0.25, 0.3) is 0 Å². The molecule has 1 aliphatic heterocycles. The summed E-state index contributed by atoms with van der Waals surface area (Å²) in [5, 5.41) is 22.8. The van der Waals surface area contributed by atoms with Crippen LogP contribution in [0.1, 0.15) is 27.2 Å². The van der Waals surface area contributed by atoms with Crippen molar-refractivity contribution in [1.82, 2.24) is 10.6 Å². The molecule has 0 aromatic carbocycles. The second-order valence-electron chi connectivity index (χ2n) is 10.2. The average Bonchev–Trinajstić information content (AvgIpc) is 3.24. The summed E-state index contributed by atoms with van der Waals surface area (Å²) in [7, 11) is -20.6. The molecule has 270 valence electrons. The van der Waals surface area contributed by atoms with Crippen LogP contribution in [0.5, 0.6) is 0 Å². The van der Waals surface area contributed by atoms with Gasteiger partial charge in [0, 0.05) is 18.4 Å². The molecule has 0 spiro atoms. The Morgan fingerprint density at radius 3 is 2.17 bits per heavy atom. The van der Waals surface area contributed by atoms with Crippen molar-refractivity contribution in [2.24, 2.45) is 5.41 Å². The summed E-state index contributed by atoms with van der Waals surface area (Å²) in [6, 6.07) is 0. The van der Waals surface area contributed by atoms with Crippen molar-refractivity contribution in [3.8, 4) is 0 Å². The molecule has 2 amide bonds. The molecule has 1 fully saturated rings. The topological polar surface area (TPSA) is 358 Å². The molecule has 0 aromatic heterocycles. The number of carbonyl (C=O) groups excluding carboxylic acids is 3. The van der Waals surface area contributed by atoms with Crippen LogP contribution in [-0.2, 0) is 65.6 Å². The number of ether oxygens (including phenoxy) is 2. The number of hydrogen-bond acceptors (Lipinski definition) is 16. The number of phosphoric acid groups is 3. The van der Waals surface area contributed by atoms with Gasteiger partial charge in [0.05, 0.1) is 26.4 Å². The monoisotopic (exact) mass is 754 g/mol. The van der Waals surface area contributed by atoms with Crippen LogP contribution in [0.2, 0.25) is 0 Å². The van der Waals surface area contributed by atoms with Crippen LogP contribution >= 0.6 is 23.5 Å². The van der Waals surface area contributed by atoms with E-state index in [1.54, 1.807) is 0 Å². The second-order valence-corrected chi connectivity index (χ2v) is 16.2. The lowest BCUT2D eigenvalue weighted by Crippen LogP contribution is -2.46. The Morgan fingerprint density at radius 2 is 1.61 bits per heavy atom. The van der Waals surface area contributed by atoms with Crippen LogP contribution in [0.4, 0.5) is 0 Å². The lowest BCUT2D eigenvalue weighted by molar-refractivity contribution is -0.143. The summed E-state index contributed by atoms with van der Waals surface area (Å²) in [5.41, 5.74) is -1.64. The number of phosphoric ester groups is 3. The average molecular weight is 754 g/mol. The largest absolute Gasteiger partial charge is 0.481 e. The maximum atomic E-state index is 12.3. The van der Waals surface area contributed by atoms with Crippen LogP contribution in [0.15, 0.2) is 0 Å². The molecule has 1 saturated heterocycles. The molecular weight excluding hydrogens is 717 g/mol. The Kier molecular flexibility index (Phi) is 16.0. The van der Waals surface area contributed by atoms with Crippen molar-refractivity contribution in [2.45, 2.75) is 56.9 Å². The Labute approximate surface area is 262 Å². The summed E-state index contributed by atoms with van der Waals surface area (Å²) in [6.07, 6.45) is -6.99. The Balaban J connectivity index is 2.49. The summed E-state index contributed by atoms with van der Waals surface area (Å²) >= 11 is 0. The normalized spacial score (nSPS) is 23.0. The molecule has 0 saturated carbocycles. The van der Waals surface area contributed by atoms with E-state index >= 15 is 0 Å². The van der Waals surface area contributed by atoms with Gasteiger partial charge in [0.1, 0.15) is 31.0 Å². The van der Waals surface area contributed by atoms with E-state index in [-0.39, 0.29) is 19.5 Å². The molecule has 46 heavy (non-hydrogen) atoms. The first-order valence-electron chi connectivity index (χ1n) is 12.8. The summed E-state index contributed by atoms with van der Waals surface area (Å²) in [6.45, 7) is -0.0711. The highest BCUT2D eigenvalue weighted by Crippen LogP contribution is 2.61. The maximum Gasteiger partial charge on any atom is 0.481 e. The number of hydrogen-bond donors (Lipinski definition) is 9. The SMILES string of the molecule is C[C@H](C(=O)OCCNC(=O)CCNC(=O)[C@H](O)C(C)(C)COP(=O)(O)OP(=O)(O)OC[C@H]1OC[C@H](O)[C@@H]1OP(=O)(O)O)S(=O)(=O)O. The lowest BCUT2D eigenvalue weighted by atomic mass is 9.87. The molecule has 0 radical (unpaired) electrons. The number of rotatable bonds is 20. The number of carbonyl (C=O) groups is 3. The van der Waals surface area contributed by atoms with Gasteiger partial charge >= 0.3 is 29.4 Å². The van der Waals surface area contributed by atoms with Gasteiger partial charge in [-0.3, -0.25) is 32.5 Å². The molecular formula is C19H37N2O21P3S. The zero-order valence-corrected chi connectivity index (χ0v) is 27.9. The van der Waals surface area contributed by atoms with Gasteiger partial charge in [0.25, 0.3) is 10.1 Å². The van der Waals surface area contributed by atoms with Crippen molar-refractivity contribution >= 4 is 51.4 Å². The molecule has 23 nitrogen and oxygen atoms in total. The molecule has 1 aliphatic rings. The van der Waals surface area contributed by atoms with Gasteiger partial charge in [-0.25, -0.2) is 13.7 Å². The van der Waals surface area contributed by atoms with Crippen LogP contribution in [0, 0.1) is 5.41 Å². The fourth-order valence-corrected chi connectivity index (χ4v) is 6.35.